The van der Waals surface area contributed by atoms with Gasteiger partial charge in [-0.1, -0.05) is 0 Å². The highest BCUT2D eigenvalue weighted by atomic mass is 16.3. The third-order valence-corrected chi connectivity index (χ3v) is 4.58. The number of furan rings is 1. The molecule has 1 saturated heterocycles. The van der Waals surface area contributed by atoms with E-state index in [0.29, 0.717) is 13.1 Å². The Labute approximate surface area is 146 Å². The van der Waals surface area contributed by atoms with E-state index < -0.39 is 0 Å². The molecule has 132 valence electrons. The van der Waals surface area contributed by atoms with Crippen LogP contribution in [0.25, 0.3) is 11.0 Å². The number of aryl methyl sites for hydroxylation is 1. The first-order valence-corrected chi connectivity index (χ1v) is 8.75. The van der Waals surface area contributed by atoms with E-state index in [0.717, 1.165) is 47.3 Å². The molecule has 0 aliphatic carbocycles. The molecule has 0 bridgehead atoms. The van der Waals surface area contributed by atoms with E-state index in [4.69, 9.17) is 14.4 Å². The second-order valence-electron chi connectivity index (χ2n) is 6.48. The van der Waals surface area contributed by atoms with Gasteiger partial charge in [0.25, 0.3) is 0 Å². The highest BCUT2D eigenvalue weighted by Gasteiger charge is 2.21. The first kappa shape index (κ1) is 16.0. The van der Waals surface area contributed by atoms with Crippen LogP contribution in [-0.4, -0.2) is 46.3 Å². The Morgan fingerprint density at radius 1 is 1.32 bits per heavy atom. The van der Waals surface area contributed by atoms with Crippen molar-refractivity contribution in [3.05, 3.63) is 35.9 Å². The topological polar surface area (TPSA) is 81.4 Å². The summed E-state index contributed by atoms with van der Waals surface area (Å²) in [5.74, 6) is 2.43. The fourth-order valence-electron chi connectivity index (χ4n) is 3.38. The van der Waals surface area contributed by atoms with E-state index in [-0.39, 0.29) is 6.61 Å². The molecule has 2 N–H and O–H groups in total. The van der Waals surface area contributed by atoms with E-state index in [1.807, 2.05) is 19.1 Å². The fraction of sp³-hybridized carbons (Fsp3) is 0.444. The van der Waals surface area contributed by atoms with E-state index in [1.54, 1.807) is 6.26 Å². The number of nitrogens with zero attached hydrogens (tertiary/aromatic N) is 4. The number of aliphatic hydroxyl groups is 1. The Balaban J connectivity index is 1.78. The van der Waals surface area contributed by atoms with Crippen molar-refractivity contribution in [2.45, 2.75) is 26.3 Å². The van der Waals surface area contributed by atoms with Gasteiger partial charge in [-0.3, -0.25) is 0 Å². The zero-order chi connectivity index (χ0) is 17.2. The standard InChI is InChI=1S/C18H23N5O2/c1-13-11-15-16(19-13)20-18(22-6-2-3-7-22)21-17(15)23(8-9-24)12-14-5-4-10-25-14/h4-5,10-11,24H,2-3,6-9,12H2,1H3,(H,19,20,21). The molecule has 7 nitrogen and oxygen atoms in total. The van der Waals surface area contributed by atoms with Gasteiger partial charge in [-0.05, 0) is 38.0 Å². The summed E-state index contributed by atoms with van der Waals surface area (Å²) in [6.07, 6.45) is 4.01. The van der Waals surface area contributed by atoms with Crippen LogP contribution in [0, 0.1) is 6.92 Å². The lowest BCUT2D eigenvalue weighted by molar-refractivity contribution is 0.300. The molecule has 25 heavy (non-hydrogen) atoms. The van der Waals surface area contributed by atoms with Gasteiger partial charge in [0.05, 0.1) is 24.8 Å². The Morgan fingerprint density at radius 2 is 2.16 bits per heavy atom. The van der Waals surface area contributed by atoms with Crippen molar-refractivity contribution in [2.24, 2.45) is 0 Å². The number of hydrogen-bond acceptors (Lipinski definition) is 6. The van der Waals surface area contributed by atoms with Crippen LogP contribution in [0.4, 0.5) is 11.8 Å². The highest BCUT2D eigenvalue weighted by Crippen LogP contribution is 2.29. The van der Waals surface area contributed by atoms with Gasteiger partial charge in [-0.15, -0.1) is 0 Å². The van der Waals surface area contributed by atoms with Crippen LogP contribution in [0.2, 0.25) is 0 Å². The van der Waals surface area contributed by atoms with Crippen LogP contribution in [-0.2, 0) is 6.54 Å². The lowest BCUT2D eigenvalue weighted by atomic mass is 10.3. The van der Waals surface area contributed by atoms with Crippen LogP contribution in [0.15, 0.2) is 28.9 Å². The molecule has 1 aliphatic rings. The molecule has 1 aliphatic heterocycles. The average Bonchev–Trinajstić information content (AvgIpc) is 3.34. The third-order valence-electron chi connectivity index (χ3n) is 4.58. The molecule has 0 radical (unpaired) electrons. The van der Waals surface area contributed by atoms with Gasteiger partial charge in [0.1, 0.15) is 17.2 Å². The molecular formula is C18H23N5O2. The summed E-state index contributed by atoms with van der Waals surface area (Å²) >= 11 is 0. The van der Waals surface area contributed by atoms with Crippen molar-refractivity contribution < 1.29 is 9.52 Å². The summed E-state index contributed by atoms with van der Waals surface area (Å²) in [6.45, 7) is 5.09. The summed E-state index contributed by atoms with van der Waals surface area (Å²) in [7, 11) is 0. The Morgan fingerprint density at radius 3 is 2.88 bits per heavy atom. The Bertz CT molecular complexity index is 837. The van der Waals surface area contributed by atoms with Gasteiger partial charge < -0.3 is 24.3 Å². The van der Waals surface area contributed by atoms with Crippen molar-refractivity contribution in [2.75, 3.05) is 36.0 Å². The van der Waals surface area contributed by atoms with Crippen molar-refractivity contribution in [3.63, 3.8) is 0 Å². The molecule has 4 heterocycles. The summed E-state index contributed by atoms with van der Waals surface area (Å²) in [5, 5.41) is 10.5. The van der Waals surface area contributed by atoms with E-state index >= 15 is 0 Å². The summed E-state index contributed by atoms with van der Waals surface area (Å²) in [5.41, 5.74) is 1.89. The van der Waals surface area contributed by atoms with E-state index in [1.165, 1.54) is 12.8 Å². The molecule has 7 heteroatoms. The van der Waals surface area contributed by atoms with Gasteiger partial charge >= 0.3 is 0 Å². The molecule has 0 spiro atoms. The lowest BCUT2D eigenvalue weighted by Gasteiger charge is -2.24. The van der Waals surface area contributed by atoms with E-state index in [9.17, 15) is 5.11 Å². The van der Waals surface area contributed by atoms with Crippen LogP contribution < -0.4 is 9.80 Å². The minimum Gasteiger partial charge on any atom is -0.467 e. The van der Waals surface area contributed by atoms with Crippen molar-refractivity contribution in [1.29, 1.82) is 0 Å². The van der Waals surface area contributed by atoms with Crippen molar-refractivity contribution in [3.8, 4) is 0 Å². The molecule has 3 aromatic heterocycles. The first-order valence-electron chi connectivity index (χ1n) is 8.75. The highest BCUT2D eigenvalue weighted by molar-refractivity contribution is 5.89. The van der Waals surface area contributed by atoms with Crippen LogP contribution >= 0.6 is 0 Å². The Hall–Kier alpha value is -2.54. The number of anilines is 2. The maximum Gasteiger partial charge on any atom is 0.229 e. The Kier molecular flexibility index (Phi) is 4.31. The molecule has 3 aromatic rings. The quantitative estimate of drug-likeness (QED) is 0.717. The molecule has 1 fully saturated rings. The van der Waals surface area contributed by atoms with Crippen molar-refractivity contribution >= 4 is 22.8 Å². The number of aromatic nitrogens is 3. The summed E-state index contributed by atoms with van der Waals surface area (Å²) in [6, 6.07) is 5.87. The van der Waals surface area contributed by atoms with E-state index in [2.05, 4.69) is 20.9 Å². The monoisotopic (exact) mass is 341 g/mol. The molecule has 4 rings (SSSR count). The number of aromatic amines is 1. The number of H-pyrrole nitrogens is 1. The third kappa shape index (κ3) is 3.19. The molecule has 0 aromatic carbocycles. The van der Waals surface area contributed by atoms with Crippen molar-refractivity contribution in [1.82, 2.24) is 15.0 Å². The number of rotatable bonds is 6. The number of nitrogens with one attached hydrogen (secondary N) is 1. The van der Waals surface area contributed by atoms with Gasteiger partial charge in [-0.2, -0.15) is 9.97 Å². The summed E-state index contributed by atoms with van der Waals surface area (Å²) in [4.78, 5) is 17.2. The van der Waals surface area contributed by atoms with Crippen LogP contribution in [0.3, 0.4) is 0 Å². The second-order valence-corrected chi connectivity index (χ2v) is 6.48. The normalized spacial score (nSPS) is 14.6. The minimum absolute atomic E-state index is 0.0503. The maximum atomic E-state index is 9.55. The summed E-state index contributed by atoms with van der Waals surface area (Å²) < 4.78 is 5.49. The van der Waals surface area contributed by atoms with Crippen LogP contribution in [0.1, 0.15) is 24.3 Å². The van der Waals surface area contributed by atoms with Gasteiger partial charge in [0.2, 0.25) is 5.95 Å². The zero-order valence-electron chi connectivity index (χ0n) is 14.4. The van der Waals surface area contributed by atoms with Gasteiger partial charge in [-0.25, -0.2) is 0 Å². The number of aliphatic hydroxyl groups excluding tert-OH is 1. The van der Waals surface area contributed by atoms with Gasteiger partial charge in [0.15, 0.2) is 0 Å². The molecule has 0 unspecified atom stereocenters. The fourth-order valence-corrected chi connectivity index (χ4v) is 3.38. The smallest absolute Gasteiger partial charge is 0.229 e. The first-order chi connectivity index (χ1) is 12.2. The maximum absolute atomic E-state index is 9.55. The van der Waals surface area contributed by atoms with Crippen LogP contribution in [0.5, 0.6) is 0 Å². The molecule has 0 saturated carbocycles. The average molecular weight is 341 g/mol. The predicted octanol–water partition coefficient (Wildman–Crippen LogP) is 2.46. The minimum atomic E-state index is 0.0503. The molecular weight excluding hydrogens is 318 g/mol. The predicted molar refractivity (Wildman–Crippen MR) is 96.9 cm³/mol. The zero-order valence-corrected chi connectivity index (χ0v) is 14.4. The van der Waals surface area contributed by atoms with Gasteiger partial charge in [0, 0.05) is 25.3 Å². The SMILES string of the molecule is Cc1cc2c(N(CCO)Cc3ccco3)nc(N3CCCC3)nc2[nH]1. The largest absolute Gasteiger partial charge is 0.467 e. The molecule has 0 atom stereocenters. The number of hydrogen-bond donors (Lipinski definition) is 2. The lowest BCUT2D eigenvalue weighted by Crippen LogP contribution is -2.28. The number of fused-ring (bicyclic) bond motifs is 1. The molecule has 0 amide bonds. The second kappa shape index (κ2) is 6.76.